The second-order valence-electron chi connectivity index (χ2n) is 6.51. The predicted molar refractivity (Wildman–Crippen MR) is 91.9 cm³/mol. The minimum Gasteiger partial charge on any atom is -0.383 e. The molecule has 0 radical (unpaired) electrons. The van der Waals surface area contributed by atoms with Crippen molar-refractivity contribution < 1.29 is 0 Å². The summed E-state index contributed by atoms with van der Waals surface area (Å²) in [7, 11) is 0. The van der Waals surface area contributed by atoms with Crippen molar-refractivity contribution in [2.45, 2.75) is 32.7 Å². The van der Waals surface area contributed by atoms with Crippen molar-refractivity contribution in [1.82, 2.24) is 19.7 Å². The van der Waals surface area contributed by atoms with Gasteiger partial charge in [-0.25, -0.2) is 14.6 Å². The zero-order valence-corrected chi connectivity index (χ0v) is 13.5. The fourth-order valence-corrected chi connectivity index (χ4v) is 2.60. The van der Waals surface area contributed by atoms with Gasteiger partial charge in [0.15, 0.2) is 5.65 Å². The van der Waals surface area contributed by atoms with Gasteiger partial charge in [-0.05, 0) is 38.5 Å². The Balaban J connectivity index is 2.16. The van der Waals surface area contributed by atoms with Crippen LogP contribution in [0.3, 0.4) is 0 Å². The van der Waals surface area contributed by atoms with Gasteiger partial charge in [-0.3, -0.25) is 0 Å². The topological polar surface area (TPSA) is 69.6 Å². The first kappa shape index (κ1) is 15.0. The zero-order valence-electron chi connectivity index (χ0n) is 13.5. The summed E-state index contributed by atoms with van der Waals surface area (Å²) >= 11 is 0. The fraction of sp³-hybridized carbons (Fsp3) is 0.278. The molecule has 1 aromatic carbocycles. The van der Waals surface area contributed by atoms with E-state index in [0.717, 1.165) is 27.9 Å². The number of hydrogen-bond donors (Lipinski definition) is 1. The van der Waals surface area contributed by atoms with Gasteiger partial charge in [-0.15, -0.1) is 6.42 Å². The van der Waals surface area contributed by atoms with Crippen LogP contribution in [0, 0.1) is 12.3 Å². The number of nitrogens with zero attached hydrogens (tertiary/aromatic N) is 4. The van der Waals surface area contributed by atoms with E-state index in [1.54, 1.807) is 0 Å². The summed E-state index contributed by atoms with van der Waals surface area (Å²) in [4.78, 5) is 8.50. The van der Waals surface area contributed by atoms with Crippen molar-refractivity contribution in [3.8, 4) is 12.3 Å². The zero-order chi connectivity index (χ0) is 16.6. The lowest BCUT2D eigenvalue weighted by Gasteiger charge is -2.19. The Kier molecular flexibility index (Phi) is 3.53. The SMILES string of the molecule is C#Cc1cccc(Cc2nn(C(C)(C)C)c3ncnc(N)c23)c1. The van der Waals surface area contributed by atoms with E-state index < -0.39 is 0 Å². The Morgan fingerprint density at radius 2 is 2.04 bits per heavy atom. The van der Waals surface area contributed by atoms with Gasteiger partial charge in [0, 0.05) is 12.0 Å². The molecular formula is C18H19N5. The van der Waals surface area contributed by atoms with Gasteiger partial charge in [0.2, 0.25) is 0 Å². The average Bonchev–Trinajstić information content (AvgIpc) is 2.88. The highest BCUT2D eigenvalue weighted by atomic mass is 15.3. The molecule has 0 unspecified atom stereocenters. The molecule has 0 aliphatic rings. The maximum absolute atomic E-state index is 6.09. The van der Waals surface area contributed by atoms with Crippen LogP contribution in [0.15, 0.2) is 30.6 Å². The summed E-state index contributed by atoms with van der Waals surface area (Å²) in [6, 6.07) is 7.88. The molecule has 3 rings (SSSR count). The Morgan fingerprint density at radius 3 is 2.74 bits per heavy atom. The molecule has 2 aromatic heterocycles. The smallest absolute Gasteiger partial charge is 0.164 e. The van der Waals surface area contributed by atoms with Gasteiger partial charge in [-0.1, -0.05) is 18.1 Å². The molecule has 5 heteroatoms. The van der Waals surface area contributed by atoms with E-state index in [1.165, 1.54) is 6.33 Å². The molecule has 2 heterocycles. The first-order valence-corrected chi connectivity index (χ1v) is 7.44. The number of benzene rings is 1. The third-order valence-corrected chi connectivity index (χ3v) is 3.67. The van der Waals surface area contributed by atoms with E-state index in [-0.39, 0.29) is 5.54 Å². The summed E-state index contributed by atoms with van der Waals surface area (Å²) in [5, 5.41) is 5.57. The maximum Gasteiger partial charge on any atom is 0.164 e. The number of aromatic nitrogens is 4. The predicted octanol–water partition coefficient (Wildman–Crippen LogP) is 2.74. The molecule has 0 atom stereocenters. The summed E-state index contributed by atoms with van der Waals surface area (Å²) in [5.74, 6) is 3.11. The molecule has 23 heavy (non-hydrogen) atoms. The van der Waals surface area contributed by atoms with Crippen LogP contribution < -0.4 is 5.73 Å². The van der Waals surface area contributed by atoms with Crippen LogP contribution in [-0.4, -0.2) is 19.7 Å². The van der Waals surface area contributed by atoms with Crippen LogP contribution in [0.25, 0.3) is 11.0 Å². The third-order valence-electron chi connectivity index (χ3n) is 3.67. The van der Waals surface area contributed by atoms with Crippen molar-refractivity contribution in [2.75, 3.05) is 5.73 Å². The highest BCUT2D eigenvalue weighted by Crippen LogP contribution is 2.27. The molecule has 0 amide bonds. The van der Waals surface area contributed by atoms with Crippen molar-refractivity contribution in [3.05, 3.63) is 47.4 Å². The molecule has 0 spiro atoms. The lowest BCUT2D eigenvalue weighted by Crippen LogP contribution is -2.23. The van der Waals surface area contributed by atoms with E-state index >= 15 is 0 Å². The largest absolute Gasteiger partial charge is 0.383 e. The number of hydrogen-bond acceptors (Lipinski definition) is 4. The molecule has 0 saturated heterocycles. The van der Waals surface area contributed by atoms with E-state index in [0.29, 0.717) is 12.2 Å². The third kappa shape index (κ3) is 2.76. The van der Waals surface area contributed by atoms with Crippen LogP contribution in [0.2, 0.25) is 0 Å². The molecule has 0 fully saturated rings. The molecule has 116 valence electrons. The molecule has 0 aliphatic carbocycles. The van der Waals surface area contributed by atoms with E-state index in [4.69, 9.17) is 17.3 Å². The number of nitrogen functional groups attached to an aromatic ring is 1. The van der Waals surface area contributed by atoms with Crippen LogP contribution in [0.1, 0.15) is 37.6 Å². The normalized spacial score (nSPS) is 11.6. The first-order valence-electron chi connectivity index (χ1n) is 7.44. The number of rotatable bonds is 2. The van der Waals surface area contributed by atoms with E-state index in [1.807, 2.05) is 28.9 Å². The molecule has 5 nitrogen and oxygen atoms in total. The quantitative estimate of drug-likeness (QED) is 0.739. The highest BCUT2D eigenvalue weighted by molar-refractivity contribution is 5.88. The molecular weight excluding hydrogens is 286 g/mol. The minimum absolute atomic E-state index is 0.196. The van der Waals surface area contributed by atoms with Crippen LogP contribution in [0.5, 0.6) is 0 Å². The van der Waals surface area contributed by atoms with Crippen LogP contribution >= 0.6 is 0 Å². The van der Waals surface area contributed by atoms with Crippen molar-refractivity contribution in [1.29, 1.82) is 0 Å². The molecule has 3 aromatic rings. The summed E-state index contributed by atoms with van der Waals surface area (Å²) in [6.07, 6.45) is 7.59. The van der Waals surface area contributed by atoms with E-state index in [9.17, 15) is 0 Å². The molecule has 2 N–H and O–H groups in total. The number of nitrogens with two attached hydrogens (primary N) is 1. The molecule has 0 aliphatic heterocycles. The second kappa shape index (κ2) is 5.40. The van der Waals surface area contributed by atoms with Gasteiger partial charge >= 0.3 is 0 Å². The summed E-state index contributed by atoms with van der Waals surface area (Å²) in [5.41, 5.74) is 9.45. The second-order valence-corrected chi connectivity index (χ2v) is 6.51. The van der Waals surface area contributed by atoms with E-state index in [2.05, 4.69) is 36.7 Å². The van der Waals surface area contributed by atoms with Gasteiger partial charge in [0.25, 0.3) is 0 Å². The summed E-state index contributed by atoms with van der Waals surface area (Å²) < 4.78 is 1.90. The van der Waals surface area contributed by atoms with Crippen LogP contribution in [-0.2, 0) is 12.0 Å². The number of anilines is 1. The standard InChI is InChI=1S/C18H19N5/c1-5-12-7-6-8-13(9-12)10-14-15-16(19)20-11-21-17(15)23(22-14)18(2,3)4/h1,6-9,11H,10H2,2-4H3,(H2,19,20,21). The number of terminal acetylenes is 1. The lowest BCUT2D eigenvalue weighted by molar-refractivity contribution is 0.363. The number of fused-ring (bicyclic) bond motifs is 1. The van der Waals surface area contributed by atoms with Gasteiger partial charge in [-0.2, -0.15) is 5.10 Å². The molecule has 0 bridgehead atoms. The Morgan fingerprint density at radius 1 is 1.26 bits per heavy atom. The van der Waals surface area contributed by atoms with Crippen molar-refractivity contribution >= 4 is 16.9 Å². The average molecular weight is 305 g/mol. The Bertz CT molecular complexity index is 909. The maximum atomic E-state index is 6.09. The lowest BCUT2D eigenvalue weighted by atomic mass is 10.1. The Labute approximate surface area is 135 Å². The Hall–Kier alpha value is -2.87. The minimum atomic E-state index is -0.196. The van der Waals surface area contributed by atoms with Crippen LogP contribution in [0.4, 0.5) is 5.82 Å². The fourth-order valence-electron chi connectivity index (χ4n) is 2.60. The van der Waals surface area contributed by atoms with Crippen molar-refractivity contribution in [2.24, 2.45) is 0 Å². The highest BCUT2D eigenvalue weighted by Gasteiger charge is 2.23. The van der Waals surface area contributed by atoms with Gasteiger partial charge < -0.3 is 5.73 Å². The monoisotopic (exact) mass is 305 g/mol. The summed E-state index contributed by atoms with van der Waals surface area (Å²) in [6.45, 7) is 6.25. The van der Waals surface area contributed by atoms with Gasteiger partial charge in [0.05, 0.1) is 16.6 Å². The molecule has 0 saturated carbocycles. The first-order chi connectivity index (χ1) is 10.9. The van der Waals surface area contributed by atoms with Gasteiger partial charge in [0.1, 0.15) is 12.1 Å². The van der Waals surface area contributed by atoms with Crippen molar-refractivity contribution in [3.63, 3.8) is 0 Å².